The molecule has 334 valence electrons. The second-order valence-electron chi connectivity index (χ2n) is 17.8. The Hall–Kier alpha value is -3.53. The summed E-state index contributed by atoms with van der Waals surface area (Å²) in [4.78, 5) is 65.6. The summed E-state index contributed by atoms with van der Waals surface area (Å²) < 4.78 is 0. The average molecular weight is 897 g/mol. The van der Waals surface area contributed by atoms with Gasteiger partial charge in [0.05, 0.1) is 45.5 Å². The van der Waals surface area contributed by atoms with Crippen molar-refractivity contribution in [3.8, 4) is 10.4 Å². The molecule has 15 heteroatoms. The van der Waals surface area contributed by atoms with Crippen LogP contribution in [0.4, 0.5) is 5.69 Å². The van der Waals surface area contributed by atoms with Gasteiger partial charge in [-0.2, -0.15) is 0 Å². The largest absolute Gasteiger partial charge is 0.391 e. The van der Waals surface area contributed by atoms with Crippen molar-refractivity contribution >= 4 is 64.9 Å². The summed E-state index contributed by atoms with van der Waals surface area (Å²) in [5, 5.41) is 20.0. The van der Waals surface area contributed by atoms with E-state index in [4.69, 9.17) is 11.6 Å². The monoisotopic (exact) mass is 895 g/mol. The van der Waals surface area contributed by atoms with E-state index in [1.165, 1.54) is 24.2 Å². The maximum atomic E-state index is 14.0. The Morgan fingerprint density at radius 2 is 1.54 bits per heavy atom. The van der Waals surface area contributed by atoms with E-state index in [1.807, 2.05) is 70.5 Å². The highest BCUT2D eigenvalue weighted by atomic mass is 35.5. The molecule has 12 nitrogen and oxygen atoms in total. The fourth-order valence-electron chi connectivity index (χ4n) is 8.11. The molecule has 2 aromatic carbocycles. The van der Waals surface area contributed by atoms with Crippen LogP contribution in [0.3, 0.4) is 0 Å². The maximum Gasteiger partial charge on any atom is 0.246 e. The van der Waals surface area contributed by atoms with Crippen LogP contribution in [0.25, 0.3) is 10.4 Å². The Morgan fingerprint density at radius 3 is 2.18 bits per heavy atom. The first-order valence-electron chi connectivity index (χ1n) is 21.9. The molecule has 2 fully saturated rings. The standard InChI is InChI=1S/C46H66ClN7O5S2/c1-31(33-18-20-34(21-19-33)42-32(2)48-30-61-42)49-44(58)37-27-35(55)28-54(37)45(59)43(46(3,4)5)51-39(56)17-12-10-8-6-7-9-11-13-22-52-23-25-53(26-24-52)29-40(57)50-36-15-14-16-38(60)41(36)47/h14-16,18-21,30-31,35,37,43,55,60H,6-13,17,22-29H2,1-5H3,(H,49,58)(H,50,57)(H,51,56)/t31-,35+,37-,43+/m1/s1. The summed E-state index contributed by atoms with van der Waals surface area (Å²) in [6, 6.07) is 11.4. The third kappa shape index (κ3) is 14.5. The number of thiazole rings is 1. The van der Waals surface area contributed by atoms with Crippen LogP contribution in [0.5, 0.6) is 0 Å². The van der Waals surface area contributed by atoms with Gasteiger partial charge in [0.2, 0.25) is 23.6 Å². The first kappa shape index (κ1) is 48.5. The van der Waals surface area contributed by atoms with E-state index >= 15 is 0 Å². The number of carbonyl (C=O) groups is 4. The molecule has 0 spiro atoms. The SMILES string of the molecule is Cc1ncsc1-c1ccc([C@@H](C)NC(=O)[C@H]2C[C@H](O)CN2C(=O)[C@H](NC(=O)CCCCCCCCCCN2CCN(CC(=O)Nc3cccc(S)c3Cl)CC2)C(C)(C)C)cc1. The maximum absolute atomic E-state index is 14.0. The number of aromatic nitrogens is 1. The fourth-order valence-corrected chi connectivity index (χ4v) is 9.30. The number of halogens is 1. The van der Waals surface area contributed by atoms with Gasteiger partial charge in [-0.05, 0) is 61.9 Å². The predicted octanol–water partition coefficient (Wildman–Crippen LogP) is 7.50. The lowest BCUT2D eigenvalue weighted by Crippen LogP contribution is -2.57. The minimum atomic E-state index is -0.836. The molecule has 1 aromatic heterocycles. The van der Waals surface area contributed by atoms with E-state index in [9.17, 15) is 24.3 Å². The number of anilines is 1. The van der Waals surface area contributed by atoms with E-state index in [2.05, 4.69) is 43.4 Å². The number of aryl methyl sites for hydroxylation is 1. The van der Waals surface area contributed by atoms with Crippen molar-refractivity contribution in [1.29, 1.82) is 0 Å². The topological polar surface area (TPSA) is 147 Å². The summed E-state index contributed by atoms with van der Waals surface area (Å²) in [5.74, 6) is -0.911. The summed E-state index contributed by atoms with van der Waals surface area (Å²) in [6.45, 7) is 14.7. The number of amides is 4. The molecule has 4 atom stereocenters. The highest BCUT2D eigenvalue weighted by Crippen LogP contribution is 2.31. The minimum absolute atomic E-state index is 0.0413. The molecule has 4 N–H and O–H groups in total. The molecule has 3 aromatic rings. The molecule has 0 bridgehead atoms. The van der Waals surface area contributed by atoms with E-state index in [0.29, 0.717) is 28.6 Å². The summed E-state index contributed by atoms with van der Waals surface area (Å²) >= 11 is 12.2. The normalized spacial score (nSPS) is 18.5. The number of thiol groups is 1. The summed E-state index contributed by atoms with van der Waals surface area (Å²) in [7, 11) is 0. The lowest BCUT2D eigenvalue weighted by molar-refractivity contribution is -0.144. The van der Waals surface area contributed by atoms with Gasteiger partial charge < -0.3 is 30.9 Å². The molecule has 0 unspecified atom stereocenters. The second-order valence-corrected chi connectivity index (χ2v) is 19.5. The van der Waals surface area contributed by atoms with Crippen LogP contribution in [0.15, 0.2) is 52.9 Å². The number of aliphatic hydroxyl groups is 1. The molecule has 2 aliphatic rings. The van der Waals surface area contributed by atoms with Crippen LogP contribution in [0.1, 0.15) is 109 Å². The number of hydrogen-bond donors (Lipinski definition) is 5. The van der Waals surface area contributed by atoms with Gasteiger partial charge in [0.25, 0.3) is 0 Å². The zero-order chi connectivity index (χ0) is 44.1. The van der Waals surface area contributed by atoms with Crippen molar-refractivity contribution in [3.05, 3.63) is 64.3 Å². The number of likely N-dealkylation sites (tertiary alicyclic amines) is 1. The highest BCUT2D eigenvalue weighted by molar-refractivity contribution is 7.80. The van der Waals surface area contributed by atoms with Crippen LogP contribution < -0.4 is 16.0 Å². The number of β-amino-alcohol motifs (C(OH)–C–C–N with tert-alkyl or cyclic N) is 1. The molecule has 2 aliphatic heterocycles. The molecule has 2 saturated heterocycles. The smallest absolute Gasteiger partial charge is 0.246 e. The van der Waals surface area contributed by atoms with Crippen LogP contribution in [0, 0.1) is 12.3 Å². The average Bonchev–Trinajstić information content (AvgIpc) is 3.84. The minimum Gasteiger partial charge on any atom is -0.391 e. The Balaban J connectivity index is 0.941. The lowest BCUT2D eigenvalue weighted by atomic mass is 9.85. The van der Waals surface area contributed by atoms with Crippen LogP contribution >= 0.6 is 35.6 Å². The van der Waals surface area contributed by atoms with Gasteiger partial charge in [-0.3, -0.25) is 24.1 Å². The van der Waals surface area contributed by atoms with Crippen LogP contribution in [-0.4, -0.2) is 112 Å². The number of piperazine rings is 1. The Labute approximate surface area is 377 Å². The van der Waals surface area contributed by atoms with Crippen molar-refractivity contribution < 1.29 is 24.3 Å². The van der Waals surface area contributed by atoms with Gasteiger partial charge in [-0.15, -0.1) is 24.0 Å². The van der Waals surface area contributed by atoms with E-state index in [-0.39, 0.29) is 42.6 Å². The second kappa shape index (κ2) is 23.2. The number of nitrogens with one attached hydrogen (secondary N) is 3. The molecule has 0 saturated carbocycles. The Kier molecular flexibility index (Phi) is 18.5. The van der Waals surface area contributed by atoms with Gasteiger partial charge in [0.1, 0.15) is 12.1 Å². The molecule has 4 amide bonds. The van der Waals surface area contributed by atoms with Gasteiger partial charge in [0, 0.05) is 50.5 Å². The van der Waals surface area contributed by atoms with E-state index in [1.54, 1.807) is 23.5 Å². The van der Waals surface area contributed by atoms with Gasteiger partial charge in [-0.1, -0.05) is 101 Å². The molecule has 0 aliphatic carbocycles. The van der Waals surface area contributed by atoms with Crippen molar-refractivity contribution in [2.75, 3.05) is 51.1 Å². The van der Waals surface area contributed by atoms with E-state index < -0.39 is 23.6 Å². The highest BCUT2D eigenvalue weighted by Gasteiger charge is 2.44. The van der Waals surface area contributed by atoms with Crippen molar-refractivity contribution in [2.45, 2.75) is 128 Å². The van der Waals surface area contributed by atoms with Crippen molar-refractivity contribution in [3.63, 3.8) is 0 Å². The number of unbranched alkanes of at least 4 members (excludes halogenated alkanes) is 7. The lowest BCUT2D eigenvalue weighted by Gasteiger charge is -2.35. The Bertz CT molecular complexity index is 1910. The number of benzene rings is 2. The predicted molar refractivity (Wildman–Crippen MR) is 248 cm³/mol. The zero-order valence-corrected chi connectivity index (χ0v) is 39.0. The van der Waals surface area contributed by atoms with E-state index in [0.717, 1.165) is 86.5 Å². The van der Waals surface area contributed by atoms with Gasteiger partial charge in [-0.25, -0.2) is 4.98 Å². The van der Waals surface area contributed by atoms with Gasteiger partial charge in [0.15, 0.2) is 0 Å². The molecule has 3 heterocycles. The third-order valence-electron chi connectivity index (χ3n) is 11.8. The first-order valence-corrected chi connectivity index (χ1v) is 23.6. The molecular formula is C46H66ClN7O5S2. The molecule has 0 radical (unpaired) electrons. The number of aliphatic hydroxyl groups excluding tert-OH is 1. The summed E-state index contributed by atoms with van der Waals surface area (Å²) in [6.07, 6.45) is 8.26. The molecule has 61 heavy (non-hydrogen) atoms. The van der Waals surface area contributed by atoms with Crippen molar-refractivity contribution in [2.24, 2.45) is 5.41 Å². The number of carbonyl (C=O) groups excluding carboxylic acids is 4. The van der Waals surface area contributed by atoms with Gasteiger partial charge >= 0.3 is 0 Å². The fraction of sp³-hybridized carbons (Fsp3) is 0.587. The summed E-state index contributed by atoms with van der Waals surface area (Å²) in [5.41, 5.74) is 4.79. The van der Waals surface area contributed by atoms with Crippen LogP contribution in [-0.2, 0) is 19.2 Å². The van der Waals surface area contributed by atoms with Crippen LogP contribution in [0.2, 0.25) is 5.02 Å². The molecule has 5 rings (SSSR count). The third-order valence-corrected chi connectivity index (χ3v) is 13.7. The molecular weight excluding hydrogens is 830 g/mol. The number of nitrogens with zero attached hydrogens (tertiary/aromatic N) is 4. The van der Waals surface area contributed by atoms with Crippen molar-refractivity contribution in [1.82, 2.24) is 30.3 Å². The zero-order valence-electron chi connectivity index (χ0n) is 36.6. The number of hydrogen-bond acceptors (Lipinski definition) is 10. The first-order chi connectivity index (χ1) is 29.1. The quantitative estimate of drug-likeness (QED) is 0.0580. The Morgan fingerprint density at radius 1 is 0.902 bits per heavy atom. The number of rotatable bonds is 20.